The van der Waals surface area contributed by atoms with Crippen LogP contribution in [0.4, 0.5) is 0 Å². The normalized spacial score (nSPS) is 20.6. The van der Waals surface area contributed by atoms with Crippen LogP contribution >= 0.6 is 0 Å². The Morgan fingerprint density at radius 1 is 1.33 bits per heavy atom. The molecule has 1 fully saturated rings. The summed E-state index contributed by atoms with van der Waals surface area (Å²) in [6.45, 7) is 1.68. The summed E-state index contributed by atoms with van der Waals surface area (Å²) in [6.07, 6.45) is 0.916. The van der Waals surface area contributed by atoms with Crippen molar-refractivity contribution < 1.29 is 8.42 Å². The van der Waals surface area contributed by atoms with E-state index >= 15 is 0 Å². The molecule has 1 aromatic heterocycles. The van der Waals surface area contributed by atoms with Crippen molar-refractivity contribution in [3.8, 4) is 0 Å². The Morgan fingerprint density at radius 3 is 2.89 bits per heavy atom. The quantitative estimate of drug-likeness (QED) is 0.866. The van der Waals surface area contributed by atoms with Crippen molar-refractivity contribution in [2.24, 2.45) is 5.92 Å². The minimum atomic E-state index is -3.31. The van der Waals surface area contributed by atoms with E-state index in [-0.39, 0.29) is 16.8 Å². The van der Waals surface area contributed by atoms with Gasteiger partial charge in [0.15, 0.2) is 0 Å². The maximum atomic E-state index is 12.2. The smallest absolute Gasteiger partial charge is 0.226 e. The molecule has 1 aliphatic heterocycles. The number of aromatic nitrogens is 2. The third kappa shape index (κ3) is 2.13. The largest absolute Gasteiger partial charge is 0.329 e. The summed E-state index contributed by atoms with van der Waals surface area (Å²) in [6, 6.07) is 7.35. The molecule has 5 nitrogen and oxygen atoms in total. The number of nitrogens with one attached hydrogen (secondary N) is 2. The Kier molecular flexibility index (Phi) is 2.83. The van der Waals surface area contributed by atoms with Gasteiger partial charge in [0.25, 0.3) is 0 Å². The molecule has 2 aromatic rings. The van der Waals surface area contributed by atoms with Crippen LogP contribution in [0.15, 0.2) is 29.4 Å². The lowest BCUT2D eigenvalue weighted by Crippen LogP contribution is -2.19. The van der Waals surface area contributed by atoms with E-state index in [9.17, 15) is 8.42 Å². The first-order valence-corrected chi connectivity index (χ1v) is 7.68. The summed E-state index contributed by atoms with van der Waals surface area (Å²) in [7, 11) is -3.31. The van der Waals surface area contributed by atoms with Crippen molar-refractivity contribution >= 4 is 20.9 Å². The number of fused-ring (bicyclic) bond motifs is 1. The number of nitrogens with zero attached hydrogens (tertiary/aromatic N) is 1. The van der Waals surface area contributed by atoms with Crippen LogP contribution in [0.5, 0.6) is 0 Å². The fraction of sp³-hybridized carbons (Fsp3) is 0.417. The highest BCUT2D eigenvalue weighted by molar-refractivity contribution is 7.91. The van der Waals surface area contributed by atoms with Crippen molar-refractivity contribution in [3.05, 3.63) is 24.3 Å². The van der Waals surface area contributed by atoms with Crippen LogP contribution in [0.3, 0.4) is 0 Å². The van der Waals surface area contributed by atoms with Crippen molar-refractivity contribution in [1.29, 1.82) is 0 Å². The Labute approximate surface area is 106 Å². The van der Waals surface area contributed by atoms with E-state index in [0.717, 1.165) is 25.0 Å². The van der Waals surface area contributed by atoms with Crippen molar-refractivity contribution in [1.82, 2.24) is 15.3 Å². The fourth-order valence-corrected chi connectivity index (χ4v) is 3.89. The van der Waals surface area contributed by atoms with Gasteiger partial charge in [-0.25, -0.2) is 13.4 Å². The zero-order chi connectivity index (χ0) is 12.6. The number of H-pyrrole nitrogens is 1. The van der Waals surface area contributed by atoms with Gasteiger partial charge in [0, 0.05) is 0 Å². The van der Waals surface area contributed by atoms with Gasteiger partial charge in [0.2, 0.25) is 15.0 Å². The second kappa shape index (κ2) is 4.37. The van der Waals surface area contributed by atoms with E-state index in [1.165, 1.54) is 0 Å². The topological polar surface area (TPSA) is 74.8 Å². The highest BCUT2D eigenvalue weighted by Crippen LogP contribution is 2.18. The fourth-order valence-electron chi connectivity index (χ4n) is 2.32. The van der Waals surface area contributed by atoms with Crippen LogP contribution in [-0.4, -0.2) is 37.2 Å². The van der Waals surface area contributed by atoms with E-state index in [1.807, 2.05) is 24.3 Å². The highest BCUT2D eigenvalue weighted by Gasteiger charge is 2.26. The Morgan fingerprint density at radius 2 is 2.17 bits per heavy atom. The van der Waals surface area contributed by atoms with Gasteiger partial charge in [-0.3, -0.25) is 0 Å². The SMILES string of the molecule is O=S(=O)(CC1CCNC1)c1nc2ccccc2[nH]1. The van der Waals surface area contributed by atoms with Crippen LogP contribution in [0.1, 0.15) is 6.42 Å². The van der Waals surface area contributed by atoms with Gasteiger partial charge in [-0.05, 0) is 37.6 Å². The molecular formula is C12H15N3O2S. The lowest BCUT2D eigenvalue weighted by atomic mass is 10.2. The first-order chi connectivity index (χ1) is 8.65. The number of hydrogen-bond acceptors (Lipinski definition) is 4. The predicted molar refractivity (Wildman–Crippen MR) is 69.1 cm³/mol. The Hall–Kier alpha value is -1.40. The van der Waals surface area contributed by atoms with E-state index in [4.69, 9.17) is 0 Å². The highest BCUT2D eigenvalue weighted by atomic mass is 32.2. The molecule has 0 radical (unpaired) electrons. The number of para-hydroxylation sites is 2. The van der Waals surface area contributed by atoms with Gasteiger partial charge in [-0.15, -0.1) is 0 Å². The minimum absolute atomic E-state index is 0.0931. The summed E-state index contributed by atoms with van der Waals surface area (Å²) in [5.41, 5.74) is 1.46. The molecule has 1 unspecified atom stereocenters. The molecule has 0 spiro atoms. The molecule has 96 valence electrons. The van der Waals surface area contributed by atoms with Gasteiger partial charge in [0.1, 0.15) is 0 Å². The number of hydrogen-bond donors (Lipinski definition) is 2. The molecule has 1 aliphatic rings. The summed E-state index contributed by atoms with van der Waals surface area (Å²) < 4.78 is 24.5. The van der Waals surface area contributed by atoms with Gasteiger partial charge < -0.3 is 10.3 Å². The lowest BCUT2D eigenvalue weighted by molar-refractivity contribution is 0.564. The lowest BCUT2D eigenvalue weighted by Gasteiger charge is -2.06. The van der Waals surface area contributed by atoms with Gasteiger partial charge >= 0.3 is 0 Å². The molecular weight excluding hydrogens is 250 g/mol. The number of imidazole rings is 1. The number of rotatable bonds is 3. The molecule has 18 heavy (non-hydrogen) atoms. The van der Waals surface area contributed by atoms with E-state index in [1.54, 1.807) is 0 Å². The summed E-state index contributed by atoms with van der Waals surface area (Å²) in [5, 5.41) is 3.27. The second-order valence-electron chi connectivity index (χ2n) is 4.70. The molecule has 1 aromatic carbocycles. The summed E-state index contributed by atoms with van der Waals surface area (Å²) >= 11 is 0. The molecule has 0 bridgehead atoms. The molecule has 0 amide bonds. The maximum absolute atomic E-state index is 12.2. The first kappa shape index (κ1) is 11.7. The van der Waals surface area contributed by atoms with Crippen LogP contribution in [0, 0.1) is 5.92 Å². The Bertz CT molecular complexity index is 624. The van der Waals surface area contributed by atoms with Gasteiger partial charge in [0.05, 0.1) is 16.8 Å². The standard InChI is InChI=1S/C12H15N3O2S/c16-18(17,8-9-5-6-13-7-9)12-14-10-3-1-2-4-11(10)15-12/h1-4,9,13H,5-8H2,(H,14,15). The van der Waals surface area contributed by atoms with Gasteiger partial charge in [-0.1, -0.05) is 12.1 Å². The third-order valence-electron chi connectivity index (χ3n) is 3.28. The number of aromatic amines is 1. The van der Waals surface area contributed by atoms with Crippen LogP contribution < -0.4 is 5.32 Å². The summed E-state index contributed by atoms with van der Waals surface area (Å²) in [4.78, 5) is 7.05. The zero-order valence-corrected chi connectivity index (χ0v) is 10.7. The van der Waals surface area contributed by atoms with E-state index in [2.05, 4.69) is 15.3 Å². The Balaban J connectivity index is 1.92. The molecule has 1 saturated heterocycles. The molecule has 6 heteroatoms. The van der Waals surface area contributed by atoms with Crippen molar-refractivity contribution in [2.45, 2.75) is 11.6 Å². The van der Waals surface area contributed by atoms with Crippen molar-refractivity contribution in [2.75, 3.05) is 18.8 Å². The molecule has 1 atom stereocenters. The van der Waals surface area contributed by atoms with Crippen molar-refractivity contribution in [3.63, 3.8) is 0 Å². The first-order valence-electron chi connectivity index (χ1n) is 6.03. The predicted octanol–water partition coefficient (Wildman–Crippen LogP) is 0.946. The molecule has 0 aliphatic carbocycles. The average molecular weight is 265 g/mol. The maximum Gasteiger partial charge on any atom is 0.226 e. The zero-order valence-electron chi connectivity index (χ0n) is 9.89. The van der Waals surface area contributed by atoms with Gasteiger partial charge in [-0.2, -0.15) is 0 Å². The molecule has 0 saturated carbocycles. The van der Waals surface area contributed by atoms with E-state index < -0.39 is 9.84 Å². The second-order valence-corrected chi connectivity index (χ2v) is 6.65. The molecule has 2 heterocycles. The monoisotopic (exact) mass is 265 g/mol. The van der Waals surface area contributed by atoms with E-state index in [0.29, 0.717) is 5.52 Å². The average Bonchev–Trinajstić information content (AvgIpc) is 2.96. The number of benzene rings is 1. The van der Waals surface area contributed by atoms with Crippen LogP contribution in [0.2, 0.25) is 0 Å². The molecule has 2 N–H and O–H groups in total. The van der Waals surface area contributed by atoms with Crippen LogP contribution in [-0.2, 0) is 9.84 Å². The number of sulfone groups is 1. The third-order valence-corrected chi connectivity index (χ3v) is 4.97. The van der Waals surface area contributed by atoms with Crippen LogP contribution in [0.25, 0.3) is 11.0 Å². The molecule has 3 rings (SSSR count). The summed E-state index contributed by atoms with van der Waals surface area (Å²) in [5.74, 6) is 0.364. The minimum Gasteiger partial charge on any atom is -0.329 e.